The number of carbonyl (C=O) groups excluding carboxylic acids is 1. The number of benzene rings is 2. The van der Waals surface area contributed by atoms with Crippen LogP contribution in [-0.2, 0) is 4.79 Å². The molecule has 7 heteroatoms. The second-order valence-electron chi connectivity index (χ2n) is 5.15. The van der Waals surface area contributed by atoms with Crippen molar-refractivity contribution < 1.29 is 14.6 Å². The standard InChI is InChI=1S/C17H16Cl2N2O3/c1-10-3-4-14(5-11(10)2)24-9-16(22)21-20-8-12-6-13(18)7-15(19)17(12)23/h3-8,23H,9H2,1-2H3,(H,21,22)/b20-8+. The summed E-state index contributed by atoms with van der Waals surface area (Å²) in [5.41, 5.74) is 4.83. The van der Waals surface area contributed by atoms with Gasteiger partial charge in [0.1, 0.15) is 11.5 Å². The maximum atomic E-state index is 11.7. The lowest BCUT2D eigenvalue weighted by Crippen LogP contribution is -2.24. The van der Waals surface area contributed by atoms with Gasteiger partial charge in [-0.1, -0.05) is 29.3 Å². The van der Waals surface area contributed by atoms with Gasteiger partial charge in [0.25, 0.3) is 5.91 Å². The first-order valence-corrected chi connectivity index (χ1v) is 7.82. The fraction of sp³-hybridized carbons (Fsp3) is 0.176. The van der Waals surface area contributed by atoms with Gasteiger partial charge in [0.15, 0.2) is 6.61 Å². The minimum Gasteiger partial charge on any atom is -0.506 e. The molecule has 5 nitrogen and oxygen atoms in total. The van der Waals surface area contributed by atoms with Crippen molar-refractivity contribution in [1.82, 2.24) is 5.43 Å². The molecule has 0 aliphatic rings. The Bertz CT molecular complexity index is 792. The number of carbonyl (C=O) groups is 1. The molecular weight excluding hydrogens is 351 g/mol. The van der Waals surface area contributed by atoms with Gasteiger partial charge in [-0.15, -0.1) is 0 Å². The lowest BCUT2D eigenvalue weighted by atomic mass is 10.1. The zero-order chi connectivity index (χ0) is 17.7. The normalized spacial score (nSPS) is 10.8. The molecule has 0 aliphatic carbocycles. The topological polar surface area (TPSA) is 70.9 Å². The molecule has 0 aromatic heterocycles. The first-order valence-electron chi connectivity index (χ1n) is 7.07. The maximum Gasteiger partial charge on any atom is 0.277 e. The van der Waals surface area contributed by atoms with Crippen molar-refractivity contribution in [2.45, 2.75) is 13.8 Å². The van der Waals surface area contributed by atoms with Gasteiger partial charge in [-0.3, -0.25) is 4.79 Å². The van der Waals surface area contributed by atoms with Crippen LogP contribution in [0.4, 0.5) is 0 Å². The Morgan fingerprint density at radius 1 is 1.25 bits per heavy atom. The van der Waals surface area contributed by atoms with Crippen LogP contribution in [0.1, 0.15) is 16.7 Å². The summed E-state index contributed by atoms with van der Waals surface area (Å²) in [6.07, 6.45) is 1.25. The number of nitrogens with one attached hydrogen (secondary N) is 1. The van der Waals surface area contributed by atoms with Gasteiger partial charge in [-0.05, 0) is 49.2 Å². The Kier molecular flexibility index (Phi) is 6.06. The molecule has 0 saturated carbocycles. The van der Waals surface area contributed by atoms with E-state index in [1.807, 2.05) is 26.0 Å². The Morgan fingerprint density at radius 2 is 2.00 bits per heavy atom. The Morgan fingerprint density at radius 3 is 2.71 bits per heavy atom. The number of phenols is 1. The minimum atomic E-state index is -0.433. The molecular formula is C17H16Cl2N2O3. The van der Waals surface area contributed by atoms with Crippen molar-refractivity contribution in [2.75, 3.05) is 6.61 Å². The molecule has 0 spiro atoms. The molecule has 0 heterocycles. The molecule has 2 aromatic rings. The van der Waals surface area contributed by atoms with E-state index in [2.05, 4.69) is 10.5 Å². The van der Waals surface area contributed by atoms with Crippen molar-refractivity contribution in [3.63, 3.8) is 0 Å². The molecule has 0 fully saturated rings. The summed E-state index contributed by atoms with van der Waals surface area (Å²) in [5, 5.41) is 14.0. The summed E-state index contributed by atoms with van der Waals surface area (Å²) in [6, 6.07) is 8.46. The number of aryl methyl sites for hydroxylation is 2. The average molecular weight is 367 g/mol. The van der Waals surface area contributed by atoms with Crippen molar-refractivity contribution >= 4 is 35.3 Å². The summed E-state index contributed by atoms with van der Waals surface area (Å²) in [4.78, 5) is 11.7. The first kappa shape index (κ1) is 18.1. The molecule has 24 heavy (non-hydrogen) atoms. The van der Waals surface area contributed by atoms with Crippen LogP contribution in [-0.4, -0.2) is 23.8 Å². The molecule has 0 saturated heterocycles. The fourth-order valence-electron chi connectivity index (χ4n) is 1.84. The predicted octanol–water partition coefficient (Wildman–Crippen LogP) is 3.84. The zero-order valence-corrected chi connectivity index (χ0v) is 14.6. The summed E-state index contributed by atoms with van der Waals surface area (Å²) in [5.74, 6) is 0.0130. The molecule has 2 N–H and O–H groups in total. The van der Waals surface area contributed by atoms with Crippen molar-refractivity contribution in [3.8, 4) is 11.5 Å². The maximum absolute atomic E-state index is 11.7. The van der Waals surface area contributed by atoms with E-state index in [4.69, 9.17) is 27.9 Å². The predicted molar refractivity (Wildman–Crippen MR) is 95.3 cm³/mol. The van der Waals surface area contributed by atoms with Crippen LogP contribution >= 0.6 is 23.2 Å². The number of phenolic OH excluding ortho intramolecular Hbond substituents is 1. The minimum absolute atomic E-state index is 0.105. The smallest absolute Gasteiger partial charge is 0.277 e. The zero-order valence-electron chi connectivity index (χ0n) is 13.1. The highest BCUT2D eigenvalue weighted by Crippen LogP contribution is 2.29. The number of ether oxygens (including phenoxy) is 1. The van der Waals surface area contributed by atoms with Crippen molar-refractivity contribution in [3.05, 3.63) is 57.1 Å². The highest BCUT2D eigenvalue weighted by atomic mass is 35.5. The van der Waals surface area contributed by atoms with Crippen LogP contribution in [0.15, 0.2) is 35.4 Å². The number of hydrogen-bond donors (Lipinski definition) is 2. The highest BCUT2D eigenvalue weighted by molar-refractivity contribution is 6.36. The summed E-state index contributed by atoms with van der Waals surface area (Å²) < 4.78 is 5.39. The summed E-state index contributed by atoms with van der Waals surface area (Å²) in [6.45, 7) is 3.79. The number of hydrogen-bond acceptors (Lipinski definition) is 4. The van der Waals surface area contributed by atoms with Crippen LogP contribution < -0.4 is 10.2 Å². The second-order valence-corrected chi connectivity index (χ2v) is 6.00. The molecule has 1 amide bonds. The third-order valence-corrected chi connectivity index (χ3v) is 3.81. The van der Waals surface area contributed by atoms with E-state index < -0.39 is 5.91 Å². The summed E-state index contributed by atoms with van der Waals surface area (Å²) in [7, 11) is 0. The van der Waals surface area contributed by atoms with Crippen LogP contribution in [0.3, 0.4) is 0 Å². The van der Waals surface area contributed by atoms with E-state index in [1.165, 1.54) is 18.3 Å². The fourth-order valence-corrected chi connectivity index (χ4v) is 2.35. The van der Waals surface area contributed by atoms with Crippen LogP contribution in [0.25, 0.3) is 0 Å². The highest BCUT2D eigenvalue weighted by Gasteiger charge is 2.06. The van der Waals surface area contributed by atoms with E-state index in [0.717, 1.165) is 11.1 Å². The third-order valence-electron chi connectivity index (χ3n) is 3.30. The van der Waals surface area contributed by atoms with Gasteiger partial charge in [0, 0.05) is 10.6 Å². The van der Waals surface area contributed by atoms with E-state index in [9.17, 15) is 9.90 Å². The Hall–Kier alpha value is -2.24. The Balaban J connectivity index is 1.90. The quantitative estimate of drug-likeness (QED) is 0.623. The van der Waals surface area contributed by atoms with E-state index in [1.54, 1.807) is 6.07 Å². The van der Waals surface area contributed by atoms with Gasteiger partial charge >= 0.3 is 0 Å². The van der Waals surface area contributed by atoms with Crippen molar-refractivity contribution in [2.24, 2.45) is 5.10 Å². The van der Waals surface area contributed by atoms with E-state index in [0.29, 0.717) is 16.3 Å². The largest absolute Gasteiger partial charge is 0.506 e. The SMILES string of the molecule is Cc1ccc(OCC(=O)N/N=C/c2cc(Cl)cc(Cl)c2O)cc1C. The Labute approximate surface area is 149 Å². The monoisotopic (exact) mass is 366 g/mol. The lowest BCUT2D eigenvalue weighted by molar-refractivity contribution is -0.123. The number of hydrazone groups is 1. The van der Waals surface area contributed by atoms with Gasteiger partial charge in [-0.2, -0.15) is 5.10 Å². The molecule has 0 radical (unpaired) electrons. The molecule has 126 valence electrons. The van der Waals surface area contributed by atoms with E-state index >= 15 is 0 Å². The third kappa shape index (κ3) is 4.88. The van der Waals surface area contributed by atoms with Gasteiger partial charge in [0.05, 0.1) is 11.2 Å². The number of rotatable bonds is 5. The first-order chi connectivity index (χ1) is 11.4. The molecule has 0 bridgehead atoms. The van der Waals surface area contributed by atoms with Gasteiger partial charge in [0.2, 0.25) is 0 Å². The summed E-state index contributed by atoms with van der Waals surface area (Å²) >= 11 is 11.6. The molecule has 0 unspecified atom stereocenters. The van der Waals surface area contributed by atoms with Crippen LogP contribution in [0.2, 0.25) is 10.0 Å². The number of halogens is 2. The van der Waals surface area contributed by atoms with Gasteiger partial charge < -0.3 is 9.84 Å². The number of nitrogens with zero attached hydrogens (tertiary/aromatic N) is 1. The molecule has 0 aliphatic heterocycles. The lowest BCUT2D eigenvalue weighted by Gasteiger charge is -2.07. The van der Waals surface area contributed by atoms with Crippen LogP contribution in [0, 0.1) is 13.8 Å². The number of amides is 1. The van der Waals surface area contributed by atoms with E-state index in [-0.39, 0.29) is 17.4 Å². The van der Waals surface area contributed by atoms with Crippen molar-refractivity contribution in [1.29, 1.82) is 0 Å². The molecule has 0 atom stereocenters. The van der Waals surface area contributed by atoms with Crippen LogP contribution in [0.5, 0.6) is 11.5 Å². The average Bonchev–Trinajstić information content (AvgIpc) is 2.53. The number of aromatic hydroxyl groups is 1. The molecule has 2 aromatic carbocycles. The van der Waals surface area contributed by atoms with Gasteiger partial charge in [-0.25, -0.2) is 5.43 Å². The second kappa shape index (κ2) is 8.04. The molecule has 2 rings (SSSR count).